The van der Waals surface area contributed by atoms with Gasteiger partial charge in [-0.25, -0.2) is 4.79 Å². The van der Waals surface area contributed by atoms with E-state index in [1.807, 2.05) is 12.1 Å². The average molecular weight is 309 g/mol. The van der Waals surface area contributed by atoms with Crippen LogP contribution in [0.25, 0.3) is 0 Å². The van der Waals surface area contributed by atoms with Crippen LogP contribution in [0.5, 0.6) is 0 Å². The number of benzene rings is 2. The first-order valence-electron chi connectivity index (χ1n) is 8.32. The number of nitrogens with zero attached hydrogens (tertiary/aromatic N) is 1. The maximum Gasteiger partial charge on any atom is 0.335 e. The molecule has 0 radical (unpaired) electrons. The number of aromatic carboxylic acids is 1. The summed E-state index contributed by atoms with van der Waals surface area (Å²) in [5.41, 5.74) is 3.00. The molecule has 1 fully saturated rings. The van der Waals surface area contributed by atoms with Crippen molar-refractivity contribution in [2.24, 2.45) is 0 Å². The zero-order chi connectivity index (χ0) is 16.1. The smallest absolute Gasteiger partial charge is 0.335 e. The third-order valence-electron chi connectivity index (χ3n) is 4.70. The largest absolute Gasteiger partial charge is 0.478 e. The molecule has 1 aliphatic heterocycles. The fourth-order valence-electron chi connectivity index (χ4n) is 3.38. The molecule has 1 aliphatic rings. The Morgan fingerprint density at radius 3 is 2.43 bits per heavy atom. The lowest BCUT2D eigenvalue weighted by Gasteiger charge is -2.20. The summed E-state index contributed by atoms with van der Waals surface area (Å²) in [6, 6.07) is 18.1. The van der Waals surface area contributed by atoms with Crippen molar-refractivity contribution in [3.8, 4) is 0 Å². The predicted octanol–water partition coefficient (Wildman–Crippen LogP) is 4.15. The standard InChI is InChI=1S/C20H23NO2/c22-20(23)19-10-8-16(9-11-19)15-21-13-4-7-18(12-14-21)17-5-2-1-3-6-17/h1-3,5-6,8-11,18H,4,7,12-15H2,(H,22,23). The molecule has 0 bridgehead atoms. The third kappa shape index (κ3) is 4.20. The van der Waals surface area contributed by atoms with E-state index < -0.39 is 5.97 Å². The van der Waals surface area contributed by atoms with Gasteiger partial charge >= 0.3 is 5.97 Å². The Balaban J connectivity index is 1.59. The molecule has 1 N–H and O–H groups in total. The second kappa shape index (κ2) is 7.42. The number of carboxylic acid groups (broad SMARTS) is 1. The van der Waals surface area contributed by atoms with E-state index >= 15 is 0 Å². The van der Waals surface area contributed by atoms with Gasteiger partial charge in [0.1, 0.15) is 0 Å². The van der Waals surface area contributed by atoms with Crippen LogP contribution in [0.15, 0.2) is 54.6 Å². The molecule has 0 spiro atoms. The third-order valence-corrected chi connectivity index (χ3v) is 4.70. The lowest BCUT2D eigenvalue weighted by atomic mass is 9.92. The molecular formula is C20H23NO2. The summed E-state index contributed by atoms with van der Waals surface area (Å²) in [5, 5.41) is 8.96. The van der Waals surface area contributed by atoms with Gasteiger partial charge in [-0.05, 0) is 61.5 Å². The molecule has 2 aromatic rings. The van der Waals surface area contributed by atoms with Crippen LogP contribution in [0.2, 0.25) is 0 Å². The van der Waals surface area contributed by atoms with E-state index in [1.165, 1.54) is 30.4 Å². The SMILES string of the molecule is O=C(O)c1ccc(CN2CCCC(c3ccccc3)CC2)cc1. The zero-order valence-electron chi connectivity index (χ0n) is 13.3. The van der Waals surface area contributed by atoms with E-state index in [1.54, 1.807) is 12.1 Å². The molecule has 3 nitrogen and oxygen atoms in total. The minimum absolute atomic E-state index is 0.355. The normalized spacial score (nSPS) is 19.2. The Morgan fingerprint density at radius 2 is 1.74 bits per heavy atom. The summed E-state index contributed by atoms with van der Waals surface area (Å²) >= 11 is 0. The molecule has 1 atom stereocenters. The highest BCUT2D eigenvalue weighted by Crippen LogP contribution is 2.28. The Labute approximate surface area is 137 Å². The van der Waals surface area contributed by atoms with Gasteiger partial charge in [-0.2, -0.15) is 0 Å². The van der Waals surface area contributed by atoms with Gasteiger partial charge < -0.3 is 5.11 Å². The highest BCUT2D eigenvalue weighted by Gasteiger charge is 2.18. The van der Waals surface area contributed by atoms with Gasteiger partial charge in [0.15, 0.2) is 0 Å². The Kier molecular flexibility index (Phi) is 5.09. The molecule has 120 valence electrons. The van der Waals surface area contributed by atoms with Crippen molar-refractivity contribution in [2.75, 3.05) is 13.1 Å². The molecule has 1 unspecified atom stereocenters. The van der Waals surface area contributed by atoms with E-state index in [0.29, 0.717) is 11.5 Å². The highest BCUT2D eigenvalue weighted by molar-refractivity contribution is 5.87. The maximum absolute atomic E-state index is 10.9. The topological polar surface area (TPSA) is 40.5 Å². The number of carboxylic acids is 1. The van der Waals surface area contributed by atoms with Gasteiger partial charge in [0.25, 0.3) is 0 Å². The van der Waals surface area contributed by atoms with Gasteiger partial charge in [-0.1, -0.05) is 42.5 Å². The molecule has 0 aromatic heterocycles. The Bertz CT molecular complexity index is 636. The van der Waals surface area contributed by atoms with Crippen molar-refractivity contribution in [1.29, 1.82) is 0 Å². The van der Waals surface area contributed by atoms with Crippen LogP contribution in [-0.2, 0) is 6.54 Å². The number of carbonyl (C=O) groups is 1. The molecule has 3 rings (SSSR count). The van der Waals surface area contributed by atoms with Crippen molar-refractivity contribution in [3.63, 3.8) is 0 Å². The second-order valence-electron chi connectivity index (χ2n) is 6.32. The fraction of sp³-hybridized carbons (Fsp3) is 0.350. The van der Waals surface area contributed by atoms with Gasteiger partial charge in [-0.15, -0.1) is 0 Å². The second-order valence-corrected chi connectivity index (χ2v) is 6.32. The maximum atomic E-state index is 10.9. The van der Waals surface area contributed by atoms with Crippen molar-refractivity contribution < 1.29 is 9.90 Å². The number of rotatable bonds is 4. The van der Waals surface area contributed by atoms with Crippen molar-refractivity contribution in [3.05, 3.63) is 71.3 Å². The van der Waals surface area contributed by atoms with Crippen molar-refractivity contribution >= 4 is 5.97 Å². The lowest BCUT2D eigenvalue weighted by Crippen LogP contribution is -2.24. The number of hydrogen-bond acceptors (Lipinski definition) is 2. The van der Waals surface area contributed by atoms with E-state index in [9.17, 15) is 4.79 Å². The van der Waals surface area contributed by atoms with E-state index in [2.05, 4.69) is 35.2 Å². The van der Waals surface area contributed by atoms with Crippen molar-refractivity contribution in [1.82, 2.24) is 4.90 Å². The van der Waals surface area contributed by atoms with Crippen LogP contribution in [0.4, 0.5) is 0 Å². The van der Waals surface area contributed by atoms with Gasteiger partial charge in [-0.3, -0.25) is 4.90 Å². The first-order chi connectivity index (χ1) is 11.2. The molecule has 0 saturated carbocycles. The minimum atomic E-state index is -0.864. The Morgan fingerprint density at radius 1 is 1.00 bits per heavy atom. The summed E-state index contributed by atoms with van der Waals surface area (Å²) in [5.74, 6) is -0.201. The molecule has 3 heteroatoms. The van der Waals surface area contributed by atoms with E-state index in [4.69, 9.17) is 5.11 Å². The predicted molar refractivity (Wildman–Crippen MR) is 91.7 cm³/mol. The molecular weight excluding hydrogens is 286 g/mol. The quantitative estimate of drug-likeness (QED) is 0.922. The van der Waals surface area contributed by atoms with Crippen LogP contribution in [0, 0.1) is 0 Å². The van der Waals surface area contributed by atoms with Gasteiger partial charge in [0.05, 0.1) is 5.56 Å². The van der Waals surface area contributed by atoms with Gasteiger partial charge in [0.2, 0.25) is 0 Å². The van der Waals surface area contributed by atoms with Crippen LogP contribution < -0.4 is 0 Å². The first kappa shape index (κ1) is 15.8. The van der Waals surface area contributed by atoms with Gasteiger partial charge in [0, 0.05) is 6.54 Å². The average Bonchev–Trinajstić information content (AvgIpc) is 2.82. The number of likely N-dealkylation sites (tertiary alicyclic amines) is 1. The summed E-state index contributed by atoms with van der Waals surface area (Å²) in [6.07, 6.45) is 3.66. The van der Waals surface area contributed by atoms with Crippen LogP contribution in [0.1, 0.15) is 46.7 Å². The summed E-state index contributed by atoms with van der Waals surface area (Å²) in [6.45, 7) is 3.12. The van der Waals surface area contributed by atoms with Crippen LogP contribution in [0.3, 0.4) is 0 Å². The molecule has 0 amide bonds. The molecule has 2 aromatic carbocycles. The molecule has 1 heterocycles. The van der Waals surface area contributed by atoms with Crippen molar-refractivity contribution in [2.45, 2.75) is 31.7 Å². The summed E-state index contributed by atoms with van der Waals surface area (Å²) in [4.78, 5) is 13.4. The van der Waals surface area contributed by atoms with Crippen LogP contribution in [-0.4, -0.2) is 29.1 Å². The lowest BCUT2D eigenvalue weighted by molar-refractivity contribution is 0.0697. The van der Waals surface area contributed by atoms with E-state index in [0.717, 1.165) is 19.6 Å². The molecule has 23 heavy (non-hydrogen) atoms. The number of hydrogen-bond donors (Lipinski definition) is 1. The minimum Gasteiger partial charge on any atom is -0.478 e. The highest BCUT2D eigenvalue weighted by atomic mass is 16.4. The fourth-order valence-corrected chi connectivity index (χ4v) is 3.38. The van der Waals surface area contributed by atoms with Crippen LogP contribution >= 0.6 is 0 Å². The Hall–Kier alpha value is -2.13. The van der Waals surface area contributed by atoms with E-state index in [-0.39, 0.29) is 0 Å². The first-order valence-corrected chi connectivity index (χ1v) is 8.32. The molecule has 0 aliphatic carbocycles. The monoisotopic (exact) mass is 309 g/mol. The summed E-state index contributed by atoms with van der Waals surface area (Å²) < 4.78 is 0. The summed E-state index contributed by atoms with van der Waals surface area (Å²) in [7, 11) is 0. The molecule has 1 saturated heterocycles. The zero-order valence-corrected chi connectivity index (χ0v) is 13.3.